The van der Waals surface area contributed by atoms with Crippen LogP contribution in [-0.2, 0) is 11.3 Å². The normalized spacial score (nSPS) is 17.9. The lowest BCUT2D eigenvalue weighted by atomic mass is 10.1. The fraction of sp³-hybridized carbons (Fsp3) is 0.316. The zero-order valence-corrected chi connectivity index (χ0v) is 14.2. The Morgan fingerprint density at radius 1 is 1.28 bits per heavy atom. The topological polar surface area (TPSA) is 62.5 Å². The van der Waals surface area contributed by atoms with Crippen LogP contribution in [0.1, 0.15) is 18.9 Å². The highest BCUT2D eigenvalue weighted by molar-refractivity contribution is 5.76. The summed E-state index contributed by atoms with van der Waals surface area (Å²) in [5, 5.41) is 7.46. The molecule has 1 atom stereocenters. The fourth-order valence-electron chi connectivity index (χ4n) is 3.46. The Morgan fingerprint density at radius 2 is 2.12 bits per heavy atom. The maximum absolute atomic E-state index is 11.2. The molecular weight excluding hydrogens is 314 g/mol. The second-order valence-electron chi connectivity index (χ2n) is 6.58. The van der Waals surface area contributed by atoms with Gasteiger partial charge in [0.2, 0.25) is 5.91 Å². The molecule has 0 aliphatic carbocycles. The first kappa shape index (κ1) is 15.8. The van der Waals surface area contributed by atoms with Crippen molar-refractivity contribution in [3.8, 4) is 11.1 Å². The van der Waals surface area contributed by atoms with Crippen molar-refractivity contribution in [1.29, 1.82) is 0 Å². The van der Waals surface area contributed by atoms with E-state index in [1.807, 2.05) is 41.3 Å². The minimum Gasteiger partial charge on any atom is -0.352 e. The molecule has 0 saturated carbocycles. The Morgan fingerprint density at radius 3 is 2.92 bits per heavy atom. The predicted molar refractivity (Wildman–Crippen MR) is 95.9 cm³/mol. The molecule has 2 aromatic heterocycles. The maximum Gasteiger partial charge on any atom is 0.217 e. The van der Waals surface area contributed by atoms with E-state index >= 15 is 0 Å². The molecule has 1 saturated heterocycles. The molecule has 4 rings (SSSR count). The van der Waals surface area contributed by atoms with Gasteiger partial charge in [0.25, 0.3) is 0 Å². The summed E-state index contributed by atoms with van der Waals surface area (Å²) in [5.41, 5.74) is 4.15. The molecule has 1 N–H and O–H groups in total. The van der Waals surface area contributed by atoms with E-state index in [2.05, 4.69) is 32.4 Å². The summed E-state index contributed by atoms with van der Waals surface area (Å²) in [5.74, 6) is 0.0416. The molecular formula is C19H21N5O. The number of benzene rings is 1. The Labute approximate surface area is 146 Å². The van der Waals surface area contributed by atoms with Crippen molar-refractivity contribution in [2.45, 2.75) is 25.9 Å². The summed E-state index contributed by atoms with van der Waals surface area (Å²) < 4.78 is 1.85. The van der Waals surface area contributed by atoms with Gasteiger partial charge < -0.3 is 5.32 Å². The lowest BCUT2D eigenvalue weighted by molar-refractivity contribution is -0.119. The summed E-state index contributed by atoms with van der Waals surface area (Å²) in [4.78, 5) is 18.1. The number of rotatable bonds is 4. The summed E-state index contributed by atoms with van der Waals surface area (Å²) in [7, 11) is 0. The van der Waals surface area contributed by atoms with Crippen molar-refractivity contribution in [1.82, 2.24) is 24.8 Å². The average Bonchev–Trinajstić information content (AvgIpc) is 3.21. The average molecular weight is 335 g/mol. The number of likely N-dealkylation sites (tertiary alicyclic amines) is 1. The zero-order valence-electron chi connectivity index (χ0n) is 14.2. The van der Waals surface area contributed by atoms with Gasteiger partial charge in [-0.2, -0.15) is 5.10 Å². The number of carbonyl (C=O) groups excluding carboxylic acids is 1. The summed E-state index contributed by atoms with van der Waals surface area (Å²) in [6.07, 6.45) is 6.83. The van der Waals surface area contributed by atoms with Crippen molar-refractivity contribution in [3.05, 3.63) is 54.5 Å². The quantitative estimate of drug-likeness (QED) is 0.793. The van der Waals surface area contributed by atoms with Crippen LogP contribution in [0.4, 0.5) is 0 Å². The molecule has 128 valence electrons. The van der Waals surface area contributed by atoms with E-state index in [1.165, 1.54) is 0 Å². The van der Waals surface area contributed by atoms with E-state index in [9.17, 15) is 4.79 Å². The largest absolute Gasteiger partial charge is 0.352 e. The third-order valence-corrected chi connectivity index (χ3v) is 4.58. The van der Waals surface area contributed by atoms with Crippen LogP contribution < -0.4 is 5.32 Å². The highest BCUT2D eigenvalue weighted by atomic mass is 16.1. The summed E-state index contributed by atoms with van der Waals surface area (Å²) >= 11 is 0. The Hall–Kier alpha value is -2.73. The van der Waals surface area contributed by atoms with Gasteiger partial charge in [0.05, 0.1) is 6.20 Å². The van der Waals surface area contributed by atoms with Crippen molar-refractivity contribution in [2.75, 3.05) is 13.1 Å². The van der Waals surface area contributed by atoms with Crippen molar-refractivity contribution >= 4 is 11.6 Å². The van der Waals surface area contributed by atoms with Crippen LogP contribution in [0.5, 0.6) is 0 Å². The molecule has 3 aromatic rings. The Kier molecular flexibility index (Phi) is 4.19. The standard InChI is InChI=1S/C19H21N5O/c1-14(25)22-17-7-8-23(13-17)11-15-9-20-19-18(10-21-24(19)12-15)16-5-3-2-4-6-16/h2-6,9-10,12,17H,7-8,11,13H2,1H3,(H,22,25)/t17-/m0/s1. The number of aromatic nitrogens is 3. The second kappa shape index (κ2) is 6.64. The number of hydrogen-bond acceptors (Lipinski definition) is 4. The van der Waals surface area contributed by atoms with Crippen LogP contribution in [0.15, 0.2) is 48.9 Å². The Bertz CT molecular complexity index is 889. The first-order valence-electron chi connectivity index (χ1n) is 8.56. The van der Waals surface area contributed by atoms with Gasteiger partial charge in [-0.25, -0.2) is 9.50 Å². The van der Waals surface area contributed by atoms with Crippen molar-refractivity contribution in [3.63, 3.8) is 0 Å². The van der Waals surface area contributed by atoms with Crippen LogP contribution in [0.3, 0.4) is 0 Å². The number of carbonyl (C=O) groups is 1. The van der Waals surface area contributed by atoms with E-state index in [4.69, 9.17) is 0 Å². The lowest BCUT2D eigenvalue weighted by Crippen LogP contribution is -2.35. The fourth-order valence-corrected chi connectivity index (χ4v) is 3.46. The van der Waals surface area contributed by atoms with Gasteiger partial charge in [-0.3, -0.25) is 9.69 Å². The molecule has 1 aliphatic heterocycles. The number of fused-ring (bicyclic) bond motifs is 1. The molecule has 0 radical (unpaired) electrons. The molecule has 1 aliphatic rings. The molecule has 0 unspecified atom stereocenters. The van der Waals surface area contributed by atoms with E-state index in [-0.39, 0.29) is 11.9 Å². The number of nitrogens with one attached hydrogen (secondary N) is 1. The van der Waals surface area contributed by atoms with Crippen molar-refractivity contribution < 1.29 is 4.79 Å². The third kappa shape index (κ3) is 3.39. The van der Waals surface area contributed by atoms with Crippen LogP contribution >= 0.6 is 0 Å². The smallest absolute Gasteiger partial charge is 0.217 e. The number of hydrogen-bond donors (Lipinski definition) is 1. The van der Waals surface area contributed by atoms with Gasteiger partial charge in [0.15, 0.2) is 5.65 Å². The molecule has 1 aromatic carbocycles. The second-order valence-corrected chi connectivity index (χ2v) is 6.58. The minimum absolute atomic E-state index is 0.0416. The maximum atomic E-state index is 11.2. The van der Waals surface area contributed by atoms with E-state index in [0.29, 0.717) is 0 Å². The SMILES string of the molecule is CC(=O)N[C@H]1CCN(Cc2cnc3c(-c4ccccc4)cnn3c2)C1. The first-order chi connectivity index (χ1) is 12.2. The monoisotopic (exact) mass is 335 g/mol. The molecule has 6 nitrogen and oxygen atoms in total. The van der Waals surface area contributed by atoms with Crippen LogP contribution in [0, 0.1) is 0 Å². The third-order valence-electron chi connectivity index (χ3n) is 4.58. The predicted octanol–water partition coefficient (Wildman–Crippen LogP) is 2.11. The molecule has 0 spiro atoms. The zero-order chi connectivity index (χ0) is 17.2. The Balaban J connectivity index is 1.50. The highest BCUT2D eigenvalue weighted by Gasteiger charge is 2.23. The molecule has 1 amide bonds. The van der Waals surface area contributed by atoms with Crippen LogP contribution in [0.2, 0.25) is 0 Å². The molecule has 1 fully saturated rings. The molecule has 3 heterocycles. The van der Waals surface area contributed by atoms with Gasteiger partial charge in [0, 0.05) is 56.1 Å². The van der Waals surface area contributed by atoms with Gasteiger partial charge in [0.1, 0.15) is 0 Å². The molecule has 25 heavy (non-hydrogen) atoms. The summed E-state index contributed by atoms with van der Waals surface area (Å²) in [6.45, 7) is 4.26. The van der Waals surface area contributed by atoms with Gasteiger partial charge in [-0.05, 0) is 12.0 Å². The summed E-state index contributed by atoms with van der Waals surface area (Å²) in [6, 6.07) is 10.4. The van der Waals surface area contributed by atoms with Crippen LogP contribution in [0.25, 0.3) is 16.8 Å². The van der Waals surface area contributed by atoms with Crippen LogP contribution in [-0.4, -0.2) is 44.5 Å². The molecule has 0 bridgehead atoms. The highest BCUT2D eigenvalue weighted by Crippen LogP contribution is 2.23. The lowest BCUT2D eigenvalue weighted by Gasteiger charge is -2.16. The van der Waals surface area contributed by atoms with Crippen molar-refractivity contribution in [2.24, 2.45) is 0 Å². The first-order valence-corrected chi connectivity index (χ1v) is 8.56. The van der Waals surface area contributed by atoms with E-state index in [0.717, 1.165) is 48.4 Å². The molecule has 6 heteroatoms. The van der Waals surface area contributed by atoms with Gasteiger partial charge >= 0.3 is 0 Å². The van der Waals surface area contributed by atoms with E-state index < -0.39 is 0 Å². The minimum atomic E-state index is 0.0416. The van der Waals surface area contributed by atoms with Gasteiger partial charge in [-0.15, -0.1) is 0 Å². The number of nitrogens with zero attached hydrogens (tertiary/aromatic N) is 4. The van der Waals surface area contributed by atoms with Gasteiger partial charge in [-0.1, -0.05) is 30.3 Å². The van der Waals surface area contributed by atoms with E-state index in [1.54, 1.807) is 6.92 Å². The number of amides is 1.